The monoisotopic (exact) mass is 226 g/mol. The number of anilines is 1. The van der Waals surface area contributed by atoms with Crippen LogP contribution >= 0.6 is 11.6 Å². The molecule has 0 radical (unpaired) electrons. The smallest absolute Gasteiger partial charge is 0.255 e. The molecule has 3 nitrogen and oxygen atoms in total. The molecule has 0 heterocycles. The summed E-state index contributed by atoms with van der Waals surface area (Å²) in [5, 5.41) is 0.528. The van der Waals surface area contributed by atoms with E-state index in [4.69, 9.17) is 17.3 Å². The summed E-state index contributed by atoms with van der Waals surface area (Å²) in [5.74, 6) is -0.0694. The number of hydrogen-bond donors (Lipinski definition) is 1. The van der Waals surface area contributed by atoms with Crippen LogP contribution in [0.3, 0.4) is 0 Å². The molecule has 0 aliphatic rings. The highest BCUT2D eigenvalue weighted by Gasteiger charge is 2.15. The molecule has 0 aliphatic heterocycles. The number of nitrogen functional groups attached to an aromatic ring is 1. The van der Waals surface area contributed by atoms with E-state index in [1.807, 2.05) is 13.8 Å². The quantitative estimate of drug-likeness (QED) is 0.805. The third kappa shape index (κ3) is 2.63. The Morgan fingerprint density at radius 1 is 1.40 bits per heavy atom. The van der Waals surface area contributed by atoms with E-state index in [1.165, 1.54) is 0 Å². The van der Waals surface area contributed by atoms with E-state index in [2.05, 4.69) is 0 Å². The van der Waals surface area contributed by atoms with E-state index < -0.39 is 0 Å². The van der Waals surface area contributed by atoms with Gasteiger partial charge in [0.1, 0.15) is 0 Å². The molecule has 1 aromatic rings. The third-order valence-corrected chi connectivity index (χ3v) is 2.53. The highest BCUT2D eigenvalue weighted by molar-refractivity contribution is 6.31. The normalized spacial score (nSPS) is 10.1. The fourth-order valence-electron chi connectivity index (χ4n) is 1.39. The van der Waals surface area contributed by atoms with Crippen LogP contribution in [0.25, 0.3) is 0 Å². The standard InChI is InChI=1S/C11H15ClN2O/c1-3-14(4-2)11(15)9-7-8(12)5-6-10(9)13/h5-7H,3-4,13H2,1-2H3. The zero-order valence-electron chi connectivity index (χ0n) is 8.96. The van der Waals surface area contributed by atoms with Crippen molar-refractivity contribution in [1.82, 2.24) is 4.90 Å². The maximum Gasteiger partial charge on any atom is 0.255 e. The van der Waals surface area contributed by atoms with Crippen molar-refractivity contribution in [3.63, 3.8) is 0 Å². The van der Waals surface area contributed by atoms with Crippen molar-refractivity contribution in [2.45, 2.75) is 13.8 Å². The molecule has 0 aliphatic carbocycles. The summed E-state index contributed by atoms with van der Waals surface area (Å²) >= 11 is 5.83. The number of hydrogen-bond acceptors (Lipinski definition) is 2. The number of nitrogens with zero attached hydrogens (tertiary/aromatic N) is 1. The first kappa shape index (κ1) is 11.9. The van der Waals surface area contributed by atoms with E-state index in [1.54, 1.807) is 23.1 Å². The molecule has 2 N–H and O–H groups in total. The molecule has 1 amide bonds. The van der Waals surface area contributed by atoms with Crippen molar-refractivity contribution in [1.29, 1.82) is 0 Å². The molecular formula is C11H15ClN2O. The first-order valence-corrected chi connectivity index (χ1v) is 5.32. The van der Waals surface area contributed by atoms with E-state index >= 15 is 0 Å². The van der Waals surface area contributed by atoms with Crippen LogP contribution in [0, 0.1) is 0 Å². The first-order valence-electron chi connectivity index (χ1n) is 4.94. The molecule has 4 heteroatoms. The molecule has 0 fully saturated rings. The average molecular weight is 227 g/mol. The maximum absolute atomic E-state index is 12.0. The van der Waals surface area contributed by atoms with Gasteiger partial charge in [-0.15, -0.1) is 0 Å². The van der Waals surface area contributed by atoms with Crippen molar-refractivity contribution in [3.8, 4) is 0 Å². The van der Waals surface area contributed by atoms with Crippen LogP contribution in [0.4, 0.5) is 5.69 Å². The predicted octanol–water partition coefficient (Wildman–Crippen LogP) is 2.40. The summed E-state index contributed by atoms with van der Waals surface area (Å²) in [6.45, 7) is 5.20. The van der Waals surface area contributed by atoms with E-state index in [0.717, 1.165) is 0 Å². The molecule has 15 heavy (non-hydrogen) atoms. The molecule has 0 spiro atoms. The van der Waals surface area contributed by atoms with Crippen molar-refractivity contribution >= 4 is 23.2 Å². The summed E-state index contributed by atoms with van der Waals surface area (Å²) in [7, 11) is 0. The van der Waals surface area contributed by atoms with Crippen LogP contribution in [0.1, 0.15) is 24.2 Å². The number of nitrogens with two attached hydrogens (primary N) is 1. The van der Waals surface area contributed by atoms with Crippen LogP contribution in [0.15, 0.2) is 18.2 Å². The molecule has 82 valence electrons. The second kappa shape index (κ2) is 5.03. The minimum absolute atomic E-state index is 0.0694. The third-order valence-electron chi connectivity index (χ3n) is 2.30. The summed E-state index contributed by atoms with van der Waals surface area (Å²) in [5.41, 5.74) is 6.68. The molecule has 0 aromatic heterocycles. The molecule has 1 rings (SSSR count). The highest BCUT2D eigenvalue weighted by Crippen LogP contribution is 2.19. The van der Waals surface area contributed by atoms with Gasteiger partial charge in [-0.3, -0.25) is 4.79 Å². The minimum atomic E-state index is -0.0694. The fraction of sp³-hybridized carbons (Fsp3) is 0.364. The zero-order chi connectivity index (χ0) is 11.4. The molecule has 0 bridgehead atoms. The Hall–Kier alpha value is -1.22. The van der Waals surface area contributed by atoms with Gasteiger partial charge in [-0.2, -0.15) is 0 Å². The lowest BCUT2D eigenvalue weighted by atomic mass is 10.1. The van der Waals surface area contributed by atoms with Gasteiger partial charge in [0, 0.05) is 23.8 Å². The topological polar surface area (TPSA) is 46.3 Å². The molecular weight excluding hydrogens is 212 g/mol. The van der Waals surface area contributed by atoms with Gasteiger partial charge in [0.15, 0.2) is 0 Å². The predicted molar refractivity (Wildman–Crippen MR) is 63.1 cm³/mol. The zero-order valence-corrected chi connectivity index (χ0v) is 9.71. The van der Waals surface area contributed by atoms with Crippen LogP contribution in [-0.4, -0.2) is 23.9 Å². The van der Waals surface area contributed by atoms with Crippen LogP contribution < -0.4 is 5.73 Å². The van der Waals surface area contributed by atoms with Gasteiger partial charge in [0.05, 0.1) is 5.56 Å². The van der Waals surface area contributed by atoms with E-state index in [-0.39, 0.29) is 5.91 Å². The molecule has 0 atom stereocenters. The lowest BCUT2D eigenvalue weighted by Crippen LogP contribution is -2.31. The number of carbonyl (C=O) groups is 1. The van der Waals surface area contributed by atoms with Crippen LogP contribution in [0.5, 0.6) is 0 Å². The van der Waals surface area contributed by atoms with Crippen LogP contribution in [-0.2, 0) is 0 Å². The van der Waals surface area contributed by atoms with Crippen molar-refractivity contribution in [3.05, 3.63) is 28.8 Å². The second-order valence-electron chi connectivity index (χ2n) is 3.21. The summed E-state index contributed by atoms with van der Waals surface area (Å²) in [6.07, 6.45) is 0. The summed E-state index contributed by atoms with van der Waals surface area (Å²) in [4.78, 5) is 13.7. The summed E-state index contributed by atoms with van der Waals surface area (Å²) < 4.78 is 0. The Morgan fingerprint density at radius 2 is 2.00 bits per heavy atom. The number of carbonyl (C=O) groups excluding carboxylic acids is 1. The first-order chi connectivity index (χ1) is 7.10. The number of benzene rings is 1. The lowest BCUT2D eigenvalue weighted by Gasteiger charge is -2.19. The van der Waals surface area contributed by atoms with E-state index in [0.29, 0.717) is 29.4 Å². The van der Waals surface area contributed by atoms with Crippen molar-refractivity contribution in [2.24, 2.45) is 0 Å². The highest BCUT2D eigenvalue weighted by atomic mass is 35.5. The fourth-order valence-corrected chi connectivity index (χ4v) is 1.57. The molecule has 0 saturated carbocycles. The van der Waals surface area contributed by atoms with Crippen molar-refractivity contribution in [2.75, 3.05) is 18.8 Å². The van der Waals surface area contributed by atoms with Gasteiger partial charge < -0.3 is 10.6 Å². The molecule has 1 aromatic carbocycles. The molecule has 0 saturated heterocycles. The molecule has 0 unspecified atom stereocenters. The second-order valence-corrected chi connectivity index (χ2v) is 3.65. The summed E-state index contributed by atoms with van der Waals surface area (Å²) in [6, 6.07) is 4.94. The largest absolute Gasteiger partial charge is 0.398 e. The Kier molecular flexibility index (Phi) is 3.97. The van der Waals surface area contributed by atoms with Gasteiger partial charge >= 0.3 is 0 Å². The van der Waals surface area contributed by atoms with Gasteiger partial charge in [0.25, 0.3) is 5.91 Å². The number of rotatable bonds is 3. The Labute approximate surface area is 94.8 Å². The van der Waals surface area contributed by atoms with Crippen LogP contribution in [0.2, 0.25) is 5.02 Å². The minimum Gasteiger partial charge on any atom is -0.398 e. The lowest BCUT2D eigenvalue weighted by molar-refractivity contribution is 0.0774. The Morgan fingerprint density at radius 3 is 2.53 bits per heavy atom. The van der Waals surface area contributed by atoms with Gasteiger partial charge in [-0.25, -0.2) is 0 Å². The maximum atomic E-state index is 12.0. The number of amides is 1. The SMILES string of the molecule is CCN(CC)C(=O)c1cc(Cl)ccc1N. The van der Waals surface area contributed by atoms with Crippen molar-refractivity contribution < 1.29 is 4.79 Å². The number of halogens is 1. The van der Waals surface area contributed by atoms with Gasteiger partial charge in [0.2, 0.25) is 0 Å². The Balaban J connectivity index is 3.04. The van der Waals surface area contributed by atoms with E-state index in [9.17, 15) is 4.79 Å². The average Bonchev–Trinajstić information content (AvgIpc) is 2.23. The van der Waals surface area contributed by atoms with Gasteiger partial charge in [-0.1, -0.05) is 11.6 Å². The van der Waals surface area contributed by atoms with Gasteiger partial charge in [-0.05, 0) is 32.0 Å². The Bertz CT molecular complexity index is 362.